The molecule has 2 aromatic heterocycles. The molecule has 0 bridgehead atoms. The zero-order valence-corrected chi connectivity index (χ0v) is 29.3. The number of rotatable bonds is 15. The third-order valence-corrected chi connectivity index (χ3v) is 7.98. The van der Waals surface area contributed by atoms with Crippen LogP contribution in [0.5, 0.6) is 11.6 Å². The van der Waals surface area contributed by atoms with E-state index in [0.717, 1.165) is 0 Å². The van der Waals surface area contributed by atoms with Gasteiger partial charge in [-0.15, -0.1) is 10.2 Å². The minimum Gasteiger partial charge on any atom is -0.438 e. The summed E-state index contributed by atoms with van der Waals surface area (Å²) in [6.07, 6.45) is 0. The second kappa shape index (κ2) is 16.8. The Morgan fingerprint density at radius 1 is 0.939 bits per heavy atom. The van der Waals surface area contributed by atoms with Gasteiger partial charge in [-0.2, -0.15) is 9.94 Å². The second-order valence-corrected chi connectivity index (χ2v) is 13.3. The SMILES string of the molecule is CC(C)C(=O)OCOP(=O)(OCOC(=O)C(C)C)OCn1c(=O)c(C#N)nn(-c2cc(Cl)c(Oc3cc(C(C)C)c(=O)[nH]n3)c(Cl)c2)c1=O. The highest BCUT2D eigenvalue weighted by atomic mass is 35.5. The number of carbonyl (C=O) groups excluding carboxylic acids is 2. The maximum Gasteiger partial charge on any atom is 0.482 e. The van der Waals surface area contributed by atoms with Crippen LogP contribution in [0.2, 0.25) is 10.0 Å². The van der Waals surface area contributed by atoms with E-state index in [2.05, 4.69) is 15.3 Å². The van der Waals surface area contributed by atoms with Crippen LogP contribution in [-0.4, -0.2) is 50.1 Å². The van der Waals surface area contributed by atoms with Crippen molar-refractivity contribution in [1.29, 1.82) is 5.26 Å². The van der Waals surface area contributed by atoms with Crippen LogP contribution in [0.3, 0.4) is 0 Å². The molecule has 1 aromatic carbocycles. The van der Waals surface area contributed by atoms with Crippen LogP contribution in [0.4, 0.5) is 0 Å². The summed E-state index contributed by atoms with van der Waals surface area (Å²) in [5.41, 5.74) is -3.46. The minimum absolute atomic E-state index is 0.0422. The highest BCUT2D eigenvalue weighted by Gasteiger charge is 2.30. The van der Waals surface area contributed by atoms with Gasteiger partial charge in [0.15, 0.2) is 5.75 Å². The average Bonchev–Trinajstić information content (AvgIpc) is 3.03. The zero-order chi connectivity index (χ0) is 36.6. The van der Waals surface area contributed by atoms with E-state index in [1.807, 2.05) is 0 Å². The molecule has 0 aliphatic heterocycles. The molecule has 49 heavy (non-hydrogen) atoms. The van der Waals surface area contributed by atoms with Crippen molar-refractivity contribution < 1.29 is 41.9 Å². The van der Waals surface area contributed by atoms with Crippen LogP contribution in [0.1, 0.15) is 58.7 Å². The normalized spacial score (nSPS) is 11.6. The van der Waals surface area contributed by atoms with E-state index in [0.29, 0.717) is 14.8 Å². The highest BCUT2D eigenvalue weighted by Crippen LogP contribution is 2.49. The van der Waals surface area contributed by atoms with E-state index in [1.54, 1.807) is 19.9 Å². The largest absolute Gasteiger partial charge is 0.482 e. The third kappa shape index (κ3) is 10.1. The number of nitriles is 1. The number of H-pyrrole nitrogens is 1. The molecule has 0 spiro atoms. The minimum atomic E-state index is -4.83. The number of halogens is 2. The van der Waals surface area contributed by atoms with Gasteiger partial charge in [0.2, 0.25) is 25.2 Å². The van der Waals surface area contributed by atoms with Gasteiger partial charge in [-0.3, -0.25) is 23.7 Å². The number of ether oxygens (including phenoxy) is 3. The predicted octanol–water partition coefficient (Wildman–Crippen LogP) is 4.00. The molecule has 0 saturated heterocycles. The molecule has 0 atom stereocenters. The molecule has 0 aliphatic rings. The predicted molar refractivity (Wildman–Crippen MR) is 170 cm³/mol. The van der Waals surface area contributed by atoms with Crippen LogP contribution in [-0.2, 0) is 43.9 Å². The molecule has 0 amide bonds. The standard InChI is InChI=1S/C28H31Cl2N6O12P/c1-14(2)18-9-22(32-33-24(18)37)48-23-19(29)7-17(8-20(23)30)36-28(41)35(25(38)21(10-31)34-36)11-45-49(42,46-12-43-26(39)15(3)4)47-13-44-27(40)16(5)6/h7-9,14-16H,11-13H2,1-6H3,(H,33,37). The summed E-state index contributed by atoms with van der Waals surface area (Å²) in [5.74, 6) is -2.92. The number of nitrogens with one attached hydrogen (secondary N) is 1. The van der Waals surface area contributed by atoms with Gasteiger partial charge >= 0.3 is 25.5 Å². The fourth-order valence-corrected chi connectivity index (χ4v) is 4.89. The molecule has 0 fully saturated rings. The Labute approximate surface area is 288 Å². The van der Waals surface area contributed by atoms with Crippen molar-refractivity contribution in [3.8, 4) is 23.4 Å². The van der Waals surface area contributed by atoms with Crippen molar-refractivity contribution in [2.45, 2.75) is 54.2 Å². The smallest absolute Gasteiger partial charge is 0.438 e. The number of nitrogens with zero attached hydrogens (tertiary/aromatic N) is 5. The lowest BCUT2D eigenvalue weighted by Crippen LogP contribution is -2.42. The van der Waals surface area contributed by atoms with Crippen LogP contribution in [0, 0.1) is 23.2 Å². The molecular weight excluding hydrogens is 714 g/mol. The molecule has 1 N–H and O–H groups in total. The molecule has 3 rings (SSSR count). The van der Waals surface area contributed by atoms with Crippen LogP contribution in [0.25, 0.3) is 5.69 Å². The van der Waals surface area contributed by atoms with Gasteiger partial charge in [0.25, 0.3) is 11.1 Å². The molecule has 0 saturated carbocycles. The van der Waals surface area contributed by atoms with Crippen LogP contribution >= 0.6 is 31.0 Å². The van der Waals surface area contributed by atoms with Crippen molar-refractivity contribution in [1.82, 2.24) is 24.5 Å². The summed E-state index contributed by atoms with van der Waals surface area (Å²) in [4.78, 5) is 62.1. The first-order chi connectivity index (χ1) is 23.0. The van der Waals surface area contributed by atoms with Gasteiger partial charge in [-0.25, -0.2) is 28.1 Å². The Hall–Kier alpha value is -4.37. The van der Waals surface area contributed by atoms with Gasteiger partial charge in [-0.1, -0.05) is 64.7 Å². The van der Waals surface area contributed by atoms with E-state index >= 15 is 0 Å². The van der Waals surface area contributed by atoms with E-state index in [-0.39, 0.29) is 33.3 Å². The number of hydrogen-bond acceptors (Lipinski definition) is 15. The summed E-state index contributed by atoms with van der Waals surface area (Å²) in [6, 6.07) is 5.29. The number of hydrogen-bond donors (Lipinski definition) is 1. The van der Waals surface area contributed by atoms with Crippen molar-refractivity contribution in [2.24, 2.45) is 11.8 Å². The number of carbonyl (C=O) groups is 2. The second-order valence-electron chi connectivity index (χ2n) is 10.8. The molecule has 264 valence electrons. The van der Waals surface area contributed by atoms with E-state index < -0.39 is 74.4 Å². The Balaban J connectivity index is 1.96. The molecule has 0 radical (unpaired) electrons. The van der Waals surface area contributed by atoms with E-state index in [4.69, 9.17) is 51.0 Å². The average molecular weight is 745 g/mol. The summed E-state index contributed by atoms with van der Waals surface area (Å²) >= 11 is 12.8. The van der Waals surface area contributed by atoms with Crippen LogP contribution < -0.4 is 21.5 Å². The quantitative estimate of drug-likeness (QED) is 0.132. The zero-order valence-electron chi connectivity index (χ0n) is 26.9. The summed E-state index contributed by atoms with van der Waals surface area (Å²) in [6.45, 7) is 6.67. The van der Waals surface area contributed by atoms with E-state index in [1.165, 1.54) is 45.9 Å². The van der Waals surface area contributed by atoms with Crippen molar-refractivity contribution in [3.05, 3.63) is 70.7 Å². The van der Waals surface area contributed by atoms with Crippen molar-refractivity contribution in [3.63, 3.8) is 0 Å². The first kappa shape index (κ1) is 39.1. The number of phosphoric acid groups is 1. The van der Waals surface area contributed by atoms with Gasteiger partial charge in [-0.05, 0) is 18.1 Å². The number of esters is 2. The lowest BCUT2D eigenvalue weighted by Gasteiger charge is -2.19. The van der Waals surface area contributed by atoms with Gasteiger partial charge in [0.1, 0.15) is 12.8 Å². The summed E-state index contributed by atoms with van der Waals surface area (Å²) in [5, 5.41) is 19.1. The molecule has 3 aromatic rings. The number of phosphoric ester groups is 1. The Bertz CT molecular complexity index is 1930. The highest BCUT2D eigenvalue weighted by molar-refractivity contribution is 7.48. The Kier molecular flexibility index (Phi) is 13.4. The third-order valence-electron chi connectivity index (χ3n) is 6.14. The van der Waals surface area contributed by atoms with Crippen molar-refractivity contribution >= 4 is 43.0 Å². The topological polar surface area (TPSA) is 233 Å². The van der Waals surface area contributed by atoms with Gasteiger partial charge in [0.05, 0.1) is 27.6 Å². The Morgan fingerprint density at radius 3 is 1.98 bits per heavy atom. The number of aromatic amines is 1. The number of aromatic nitrogens is 5. The first-order valence-corrected chi connectivity index (χ1v) is 16.5. The monoisotopic (exact) mass is 744 g/mol. The molecule has 2 heterocycles. The number of benzene rings is 1. The fourth-order valence-electron chi connectivity index (χ4n) is 3.49. The maximum absolute atomic E-state index is 13.5. The molecular formula is C28H31Cl2N6O12P. The Morgan fingerprint density at radius 2 is 1.49 bits per heavy atom. The first-order valence-electron chi connectivity index (χ1n) is 14.3. The fraction of sp³-hybridized carbons (Fsp3) is 0.429. The molecule has 0 aliphatic carbocycles. The molecule has 0 unspecified atom stereocenters. The van der Waals surface area contributed by atoms with Crippen LogP contribution in [0.15, 0.2) is 32.6 Å². The lowest BCUT2D eigenvalue weighted by molar-refractivity contribution is -0.157. The summed E-state index contributed by atoms with van der Waals surface area (Å²) < 4.78 is 44.7. The maximum atomic E-state index is 13.5. The van der Waals surface area contributed by atoms with E-state index in [9.17, 15) is 33.8 Å². The van der Waals surface area contributed by atoms with Gasteiger partial charge in [0, 0.05) is 11.6 Å². The molecule has 21 heteroatoms. The van der Waals surface area contributed by atoms with Gasteiger partial charge < -0.3 is 14.2 Å². The summed E-state index contributed by atoms with van der Waals surface area (Å²) in [7, 11) is -4.83. The van der Waals surface area contributed by atoms with Crippen molar-refractivity contribution in [2.75, 3.05) is 13.6 Å². The lowest BCUT2D eigenvalue weighted by atomic mass is 10.1. The molecule has 18 nitrogen and oxygen atoms in total.